The van der Waals surface area contributed by atoms with Crippen molar-refractivity contribution in [2.45, 2.75) is 11.8 Å². The first kappa shape index (κ1) is 12.1. The largest absolute Gasteiger partial charge is 0.380 e. The lowest BCUT2D eigenvalue weighted by atomic mass is 9.81. The van der Waals surface area contributed by atoms with Crippen molar-refractivity contribution in [2.24, 2.45) is 0 Å². The van der Waals surface area contributed by atoms with E-state index in [-0.39, 0.29) is 0 Å². The molecule has 0 saturated carbocycles. The fourth-order valence-corrected chi connectivity index (χ4v) is 2.59. The Hall–Kier alpha value is -1.93. The predicted molar refractivity (Wildman–Crippen MR) is 75.1 cm³/mol. The summed E-state index contributed by atoms with van der Waals surface area (Å²) in [5.41, 5.74) is 2.98. The number of aldehydes is 1. The number of hydrogen-bond acceptors (Lipinski definition) is 2. The van der Waals surface area contributed by atoms with E-state index in [1.54, 1.807) is 0 Å². The molecule has 1 saturated heterocycles. The SMILES string of the molecule is O=CC1(c2ccc(-c3ccccc3)cc2)CCOC1. The van der Waals surface area contributed by atoms with Crippen LogP contribution >= 0.6 is 0 Å². The van der Waals surface area contributed by atoms with Gasteiger partial charge >= 0.3 is 0 Å². The van der Waals surface area contributed by atoms with Gasteiger partial charge in [-0.25, -0.2) is 0 Å². The Morgan fingerprint density at radius 2 is 1.63 bits per heavy atom. The summed E-state index contributed by atoms with van der Waals surface area (Å²) < 4.78 is 5.39. The second-order valence-electron chi connectivity index (χ2n) is 5.02. The summed E-state index contributed by atoms with van der Waals surface area (Å²) in [6.07, 6.45) is 1.82. The molecule has 3 rings (SSSR count). The second-order valence-corrected chi connectivity index (χ2v) is 5.02. The third-order valence-electron chi connectivity index (χ3n) is 3.84. The zero-order valence-corrected chi connectivity index (χ0v) is 10.7. The number of hydrogen-bond donors (Lipinski definition) is 0. The molecule has 2 aromatic rings. The molecule has 0 amide bonds. The van der Waals surface area contributed by atoms with Gasteiger partial charge in [-0.15, -0.1) is 0 Å². The first-order valence-corrected chi connectivity index (χ1v) is 6.54. The summed E-state index contributed by atoms with van der Waals surface area (Å²) in [6, 6.07) is 18.5. The summed E-state index contributed by atoms with van der Waals surface area (Å²) in [7, 11) is 0. The molecule has 1 aliphatic rings. The molecular weight excluding hydrogens is 236 g/mol. The Bertz CT molecular complexity index is 552. The Labute approximate surface area is 113 Å². The van der Waals surface area contributed by atoms with Crippen LogP contribution in [0.15, 0.2) is 54.6 Å². The topological polar surface area (TPSA) is 26.3 Å². The van der Waals surface area contributed by atoms with Crippen LogP contribution in [0.1, 0.15) is 12.0 Å². The molecule has 1 fully saturated rings. The van der Waals surface area contributed by atoms with Crippen LogP contribution in [-0.2, 0) is 14.9 Å². The van der Waals surface area contributed by atoms with Gasteiger partial charge in [-0.2, -0.15) is 0 Å². The zero-order chi connectivity index (χ0) is 13.1. The zero-order valence-electron chi connectivity index (χ0n) is 10.7. The van der Waals surface area contributed by atoms with Crippen LogP contribution in [0.25, 0.3) is 11.1 Å². The monoisotopic (exact) mass is 252 g/mol. The van der Waals surface area contributed by atoms with Gasteiger partial charge in [0.15, 0.2) is 0 Å². The molecule has 1 atom stereocenters. The molecule has 2 nitrogen and oxygen atoms in total. The van der Waals surface area contributed by atoms with E-state index in [9.17, 15) is 4.79 Å². The van der Waals surface area contributed by atoms with E-state index in [1.165, 1.54) is 11.1 Å². The number of carbonyl (C=O) groups is 1. The van der Waals surface area contributed by atoms with E-state index in [2.05, 4.69) is 24.3 Å². The fraction of sp³-hybridized carbons (Fsp3) is 0.235. The van der Waals surface area contributed by atoms with Crippen LogP contribution in [0, 0.1) is 0 Å². The second kappa shape index (κ2) is 4.98. The first-order valence-electron chi connectivity index (χ1n) is 6.54. The summed E-state index contributed by atoms with van der Waals surface area (Å²) in [5, 5.41) is 0. The van der Waals surface area contributed by atoms with Crippen molar-refractivity contribution in [3.63, 3.8) is 0 Å². The molecule has 19 heavy (non-hydrogen) atoms. The molecule has 1 heterocycles. The van der Waals surface area contributed by atoms with E-state index in [1.807, 2.05) is 30.3 Å². The minimum atomic E-state index is -0.435. The Morgan fingerprint density at radius 1 is 0.947 bits per heavy atom. The lowest BCUT2D eigenvalue weighted by Gasteiger charge is -2.20. The molecular formula is C17H16O2. The standard InChI is InChI=1S/C17H16O2/c18-12-17(10-11-19-13-17)16-8-6-15(7-9-16)14-4-2-1-3-5-14/h1-9,12H,10-11,13H2. The average Bonchev–Trinajstić information content (AvgIpc) is 2.98. The number of carbonyl (C=O) groups excluding carboxylic acids is 1. The minimum Gasteiger partial charge on any atom is -0.380 e. The molecule has 0 aliphatic carbocycles. The van der Waals surface area contributed by atoms with Gasteiger partial charge in [-0.3, -0.25) is 0 Å². The molecule has 2 aromatic carbocycles. The van der Waals surface area contributed by atoms with Gasteiger partial charge in [0.2, 0.25) is 0 Å². The van der Waals surface area contributed by atoms with Gasteiger partial charge in [-0.1, -0.05) is 54.6 Å². The highest BCUT2D eigenvalue weighted by Crippen LogP contribution is 2.32. The highest BCUT2D eigenvalue weighted by Gasteiger charge is 2.36. The lowest BCUT2D eigenvalue weighted by molar-refractivity contribution is -0.112. The Balaban J connectivity index is 1.93. The highest BCUT2D eigenvalue weighted by atomic mass is 16.5. The number of rotatable bonds is 3. The van der Waals surface area contributed by atoms with Crippen molar-refractivity contribution in [2.75, 3.05) is 13.2 Å². The third kappa shape index (κ3) is 2.20. The molecule has 0 bridgehead atoms. The summed E-state index contributed by atoms with van der Waals surface area (Å²) in [5.74, 6) is 0. The maximum atomic E-state index is 11.4. The third-order valence-corrected chi connectivity index (χ3v) is 3.84. The van der Waals surface area contributed by atoms with Crippen molar-refractivity contribution in [1.82, 2.24) is 0 Å². The molecule has 0 spiro atoms. The van der Waals surface area contributed by atoms with Crippen LogP contribution in [0.4, 0.5) is 0 Å². The van der Waals surface area contributed by atoms with Gasteiger partial charge in [0.1, 0.15) is 6.29 Å². The highest BCUT2D eigenvalue weighted by molar-refractivity contribution is 5.71. The molecule has 1 unspecified atom stereocenters. The maximum Gasteiger partial charge on any atom is 0.132 e. The number of ether oxygens (including phenoxy) is 1. The number of benzene rings is 2. The lowest BCUT2D eigenvalue weighted by Crippen LogP contribution is -2.28. The smallest absolute Gasteiger partial charge is 0.132 e. The minimum absolute atomic E-state index is 0.435. The maximum absolute atomic E-state index is 11.4. The quantitative estimate of drug-likeness (QED) is 0.784. The first-order chi connectivity index (χ1) is 9.34. The van der Waals surface area contributed by atoms with Crippen LogP contribution in [0.3, 0.4) is 0 Å². The van der Waals surface area contributed by atoms with Gasteiger partial charge < -0.3 is 9.53 Å². The van der Waals surface area contributed by atoms with Crippen LogP contribution < -0.4 is 0 Å². The van der Waals surface area contributed by atoms with Crippen molar-refractivity contribution in [3.8, 4) is 11.1 Å². The van der Waals surface area contributed by atoms with Crippen LogP contribution in [-0.4, -0.2) is 19.5 Å². The molecule has 96 valence electrons. The molecule has 0 N–H and O–H groups in total. The van der Waals surface area contributed by atoms with Gasteiger partial charge in [-0.05, 0) is 23.1 Å². The van der Waals surface area contributed by atoms with E-state index >= 15 is 0 Å². The van der Waals surface area contributed by atoms with E-state index < -0.39 is 5.41 Å². The molecule has 2 heteroatoms. The summed E-state index contributed by atoms with van der Waals surface area (Å²) in [4.78, 5) is 11.4. The predicted octanol–water partition coefficient (Wildman–Crippen LogP) is 3.21. The summed E-state index contributed by atoms with van der Waals surface area (Å²) >= 11 is 0. The molecule has 0 radical (unpaired) electrons. The van der Waals surface area contributed by atoms with Crippen molar-refractivity contribution in [1.29, 1.82) is 0 Å². The molecule has 0 aromatic heterocycles. The van der Waals surface area contributed by atoms with E-state index in [4.69, 9.17) is 4.74 Å². The van der Waals surface area contributed by atoms with E-state index in [0.29, 0.717) is 13.2 Å². The van der Waals surface area contributed by atoms with Crippen molar-refractivity contribution >= 4 is 6.29 Å². The van der Waals surface area contributed by atoms with Crippen molar-refractivity contribution in [3.05, 3.63) is 60.2 Å². The van der Waals surface area contributed by atoms with E-state index in [0.717, 1.165) is 18.3 Å². The summed E-state index contributed by atoms with van der Waals surface area (Å²) in [6.45, 7) is 1.17. The normalized spacial score (nSPS) is 22.3. The van der Waals surface area contributed by atoms with Crippen molar-refractivity contribution < 1.29 is 9.53 Å². The fourth-order valence-electron chi connectivity index (χ4n) is 2.59. The van der Waals surface area contributed by atoms with Gasteiger partial charge in [0.25, 0.3) is 0 Å². The molecule has 1 aliphatic heterocycles. The Morgan fingerprint density at radius 3 is 2.21 bits per heavy atom. The van der Waals surface area contributed by atoms with Gasteiger partial charge in [0.05, 0.1) is 12.0 Å². The average molecular weight is 252 g/mol. The van der Waals surface area contributed by atoms with Gasteiger partial charge in [0, 0.05) is 6.61 Å². The Kier molecular flexibility index (Phi) is 3.18. The van der Waals surface area contributed by atoms with Crippen LogP contribution in [0.5, 0.6) is 0 Å². The van der Waals surface area contributed by atoms with Crippen LogP contribution in [0.2, 0.25) is 0 Å².